The van der Waals surface area contributed by atoms with E-state index in [1.165, 1.54) is 0 Å². The largest absolute Gasteiger partial charge is 0.390 e. The lowest BCUT2D eigenvalue weighted by atomic mass is 9.93. The zero-order valence-corrected chi connectivity index (χ0v) is 13.0. The maximum absolute atomic E-state index is 11.5. The Labute approximate surface area is 126 Å². The van der Waals surface area contributed by atoms with Crippen molar-refractivity contribution in [2.24, 2.45) is 11.7 Å². The number of nitrogens with zero attached hydrogens (tertiary/aromatic N) is 2. The lowest BCUT2D eigenvalue weighted by Crippen LogP contribution is -2.58. The van der Waals surface area contributed by atoms with E-state index in [9.17, 15) is 15.0 Å². The van der Waals surface area contributed by atoms with Gasteiger partial charge in [0.1, 0.15) is 0 Å². The third-order valence-electron chi connectivity index (χ3n) is 4.82. The summed E-state index contributed by atoms with van der Waals surface area (Å²) < 4.78 is 0. The van der Waals surface area contributed by atoms with Crippen LogP contribution in [0.2, 0.25) is 0 Å². The Morgan fingerprint density at radius 3 is 2.76 bits per heavy atom. The van der Waals surface area contributed by atoms with Gasteiger partial charge in [0.05, 0.1) is 18.2 Å². The second kappa shape index (κ2) is 7.05. The van der Waals surface area contributed by atoms with Crippen molar-refractivity contribution in [3.05, 3.63) is 6.42 Å². The van der Waals surface area contributed by atoms with Crippen molar-refractivity contribution >= 4 is 5.91 Å². The van der Waals surface area contributed by atoms with Crippen LogP contribution in [0.3, 0.4) is 0 Å². The topological polar surface area (TPSA) is 90.0 Å². The molecule has 21 heavy (non-hydrogen) atoms. The number of carbonyl (C=O) groups excluding carboxylic acids is 1. The predicted octanol–water partition coefficient (Wildman–Crippen LogP) is -0.798. The molecule has 0 aromatic carbocycles. The molecule has 2 aliphatic heterocycles. The van der Waals surface area contributed by atoms with Gasteiger partial charge in [-0.2, -0.15) is 0 Å². The van der Waals surface area contributed by atoms with Crippen LogP contribution in [0.15, 0.2) is 0 Å². The van der Waals surface area contributed by atoms with E-state index in [1.54, 1.807) is 0 Å². The van der Waals surface area contributed by atoms with Crippen molar-refractivity contribution < 1.29 is 15.0 Å². The molecular weight excluding hydrogens is 270 g/mol. The zero-order valence-electron chi connectivity index (χ0n) is 13.0. The number of piperidine rings is 2. The average molecular weight is 298 g/mol. The third kappa shape index (κ3) is 3.94. The average Bonchev–Trinajstić information content (AvgIpc) is 2.44. The number of primary amides is 1. The van der Waals surface area contributed by atoms with Crippen LogP contribution in [0.5, 0.6) is 0 Å². The van der Waals surface area contributed by atoms with Crippen LogP contribution in [0, 0.1) is 12.3 Å². The lowest BCUT2D eigenvalue weighted by Gasteiger charge is -2.43. The molecule has 4 N–H and O–H groups in total. The molecule has 6 heteroatoms. The van der Waals surface area contributed by atoms with Crippen molar-refractivity contribution in [1.82, 2.24) is 9.80 Å². The Balaban J connectivity index is 1.93. The van der Waals surface area contributed by atoms with Gasteiger partial charge >= 0.3 is 0 Å². The van der Waals surface area contributed by atoms with Gasteiger partial charge in [-0.15, -0.1) is 0 Å². The Bertz CT molecular complexity index is 354. The molecule has 0 bridgehead atoms. The van der Waals surface area contributed by atoms with Crippen LogP contribution >= 0.6 is 0 Å². The first kappa shape index (κ1) is 16.7. The Morgan fingerprint density at radius 2 is 2.14 bits per heavy atom. The van der Waals surface area contributed by atoms with Gasteiger partial charge in [0.25, 0.3) is 0 Å². The summed E-state index contributed by atoms with van der Waals surface area (Å²) in [6, 6.07) is 0.00785. The van der Waals surface area contributed by atoms with E-state index in [1.807, 2.05) is 6.92 Å². The molecule has 0 spiro atoms. The van der Waals surface area contributed by atoms with Crippen molar-refractivity contribution in [3.63, 3.8) is 0 Å². The van der Waals surface area contributed by atoms with E-state index in [0.717, 1.165) is 32.5 Å². The summed E-state index contributed by atoms with van der Waals surface area (Å²) in [6.07, 6.45) is 2.49. The standard InChI is InChI=1S/C15H28N3O3/c1-10-7-18(9-13(19)14(10)20)11(2)8-17-6-4-3-5-12(17)15(16)21/h3,10-14,19-20H,4-9H2,1-2H3,(H2,16,21)/t10-,11-,12?,13-,14+/m0/s1. The minimum atomic E-state index is -0.696. The highest BCUT2D eigenvalue weighted by Gasteiger charge is 2.35. The highest BCUT2D eigenvalue weighted by molar-refractivity contribution is 5.80. The van der Waals surface area contributed by atoms with Crippen LogP contribution in [0.1, 0.15) is 26.7 Å². The molecule has 121 valence electrons. The molecule has 5 atom stereocenters. The number of aliphatic hydroxyl groups excluding tert-OH is 2. The fourth-order valence-corrected chi connectivity index (χ4v) is 3.45. The number of carbonyl (C=O) groups is 1. The van der Waals surface area contributed by atoms with Crippen molar-refractivity contribution in [2.75, 3.05) is 26.2 Å². The first-order chi connectivity index (χ1) is 9.90. The second-order valence-corrected chi connectivity index (χ2v) is 6.56. The van der Waals surface area contributed by atoms with Crippen LogP contribution in [0.25, 0.3) is 0 Å². The van der Waals surface area contributed by atoms with Gasteiger partial charge in [0, 0.05) is 25.7 Å². The fourth-order valence-electron chi connectivity index (χ4n) is 3.45. The van der Waals surface area contributed by atoms with Crippen LogP contribution < -0.4 is 5.73 Å². The number of aliphatic hydroxyl groups is 2. The molecule has 0 saturated carbocycles. The van der Waals surface area contributed by atoms with Crippen LogP contribution in [-0.4, -0.2) is 76.4 Å². The minimum absolute atomic E-state index is 0.0535. The molecule has 1 amide bonds. The second-order valence-electron chi connectivity index (χ2n) is 6.56. The third-order valence-corrected chi connectivity index (χ3v) is 4.82. The summed E-state index contributed by atoms with van der Waals surface area (Å²) in [5, 5.41) is 19.8. The van der Waals surface area contributed by atoms with E-state index in [0.29, 0.717) is 6.54 Å². The van der Waals surface area contributed by atoms with Crippen molar-refractivity contribution in [2.45, 2.75) is 51.0 Å². The maximum Gasteiger partial charge on any atom is 0.234 e. The van der Waals surface area contributed by atoms with Gasteiger partial charge in [-0.05, 0) is 38.6 Å². The van der Waals surface area contributed by atoms with Gasteiger partial charge in [-0.3, -0.25) is 14.6 Å². The molecule has 6 nitrogen and oxygen atoms in total. The molecule has 2 aliphatic rings. The zero-order chi connectivity index (χ0) is 15.6. The molecule has 0 aromatic heterocycles. The highest BCUT2D eigenvalue weighted by Crippen LogP contribution is 2.22. The Hall–Kier alpha value is -0.690. The monoisotopic (exact) mass is 298 g/mol. The molecule has 2 heterocycles. The molecule has 0 aromatic rings. The van der Waals surface area contributed by atoms with Gasteiger partial charge in [-0.1, -0.05) is 6.92 Å². The summed E-state index contributed by atoms with van der Waals surface area (Å²) in [4.78, 5) is 15.9. The SMILES string of the molecule is C[C@H]1CN([C@@H](C)CN2CC[CH]CC2C(N)=O)C[C@H](O)[C@@H]1O. The summed E-state index contributed by atoms with van der Waals surface area (Å²) in [7, 11) is 0. The van der Waals surface area contributed by atoms with Crippen molar-refractivity contribution in [3.8, 4) is 0 Å². The van der Waals surface area contributed by atoms with Crippen LogP contribution in [0.4, 0.5) is 0 Å². The minimum Gasteiger partial charge on any atom is -0.390 e. The smallest absolute Gasteiger partial charge is 0.234 e. The number of rotatable bonds is 4. The number of hydrogen-bond acceptors (Lipinski definition) is 5. The Morgan fingerprint density at radius 1 is 1.43 bits per heavy atom. The lowest BCUT2D eigenvalue weighted by molar-refractivity contribution is -0.124. The fraction of sp³-hybridized carbons (Fsp3) is 0.867. The molecular formula is C15H28N3O3. The highest BCUT2D eigenvalue weighted by atomic mass is 16.3. The number of β-amino-alcohol motifs (C(OH)–C–C–N with tert-alkyl or cyclic N) is 1. The number of amides is 1. The first-order valence-corrected chi connectivity index (χ1v) is 7.85. The maximum atomic E-state index is 11.5. The molecule has 2 rings (SSSR count). The van der Waals surface area contributed by atoms with Gasteiger partial charge in [-0.25, -0.2) is 0 Å². The number of nitrogens with two attached hydrogens (primary N) is 1. The Kier molecular flexibility index (Phi) is 5.60. The van der Waals surface area contributed by atoms with E-state index in [-0.39, 0.29) is 23.9 Å². The van der Waals surface area contributed by atoms with E-state index in [4.69, 9.17) is 5.73 Å². The quantitative estimate of drug-likeness (QED) is 0.632. The molecule has 2 fully saturated rings. The molecule has 1 unspecified atom stereocenters. The molecule has 2 saturated heterocycles. The normalized spacial score (nSPS) is 37.3. The van der Waals surface area contributed by atoms with Gasteiger partial charge in [0.15, 0.2) is 0 Å². The summed E-state index contributed by atoms with van der Waals surface area (Å²) in [5.41, 5.74) is 5.49. The number of hydrogen-bond donors (Lipinski definition) is 3. The van der Waals surface area contributed by atoms with Gasteiger partial charge < -0.3 is 15.9 Å². The van der Waals surface area contributed by atoms with Crippen molar-refractivity contribution in [1.29, 1.82) is 0 Å². The van der Waals surface area contributed by atoms with Crippen LogP contribution in [-0.2, 0) is 4.79 Å². The summed E-state index contributed by atoms with van der Waals surface area (Å²) in [5.74, 6) is -0.210. The summed E-state index contributed by atoms with van der Waals surface area (Å²) in [6.45, 7) is 6.92. The molecule has 1 radical (unpaired) electrons. The van der Waals surface area contributed by atoms with Gasteiger partial charge in [0.2, 0.25) is 5.91 Å². The first-order valence-electron chi connectivity index (χ1n) is 7.85. The van der Waals surface area contributed by atoms with E-state index < -0.39 is 12.2 Å². The summed E-state index contributed by atoms with van der Waals surface area (Å²) >= 11 is 0. The predicted molar refractivity (Wildman–Crippen MR) is 80.3 cm³/mol. The number of likely N-dealkylation sites (tertiary alicyclic amines) is 2. The van der Waals surface area contributed by atoms with E-state index in [2.05, 4.69) is 23.1 Å². The van der Waals surface area contributed by atoms with E-state index >= 15 is 0 Å². The molecule has 0 aliphatic carbocycles.